The molecule has 1 fully saturated rings. The number of nitrogens with one attached hydrogen (secondary N) is 1. The number of carbonyl (C=O) groups is 1. The molecule has 0 spiro atoms. The molecule has 2 aromatic rings. The summed E-state index contributed by atoms with van der Waals surface area (Å²) in [5.41, 5.74) is 1.92. The Morgan fingerprint density at radius 1 is 1.21 bits per heavy atom. The van der Waals surface area contributed by atoms with Crippen LogP contribution in [0.3, 0.4) is 0 Å². The molecule has 1 aliphatic heterocycles. The number of urea groups is 1. The Morgan fingerprint density at radius 3 is 2.79 bits per heavy atom. The predicted molar refractivity (Wildman–Crippen MR) is 93.3 cm³/mol. The zero-order valence-corrected chi connectivity index (χ0v) is 13.5. The van der Waals surface area contributed by atoms with Crippen LogP contribution in [0.15, 0.2) is 54.6 Å². The molecular weight excluding hydrogens is 304 g/mol. The maximum Gasteiger partial charge on any atom is 0.321 e. The predicted octanol–water partition coefficient (Wildman–Crippen LogP) is 2.91. The highest BCUT2D eigenvalue weighted by Crippen LogP contribution is 2.19. The van der Waals surface area contributed by atoms with E-state index >= 15 is 0 Å². The van der Waals surface area contributed by atoms with Gasteiger partial charge in [-0.3, -0.25) is 0 Å². The van der Waals surface area contributed by atoms with Crippen LogP contribution >= 0.6 is 0 Å². The molecule has 2 N–H and O–H groups in total. The van der Waals surface area contributed by atoms with Crippen LogP contribution in [0, 0.1) is 0 Å². The quantitative estimate of drug-likeness (QED) is 0.888. The average molecular weight is 326 g/mol. The lowest BCUT2D eigenvalue weighted by molar-refractivity contribution is 0.176. The molecule has 0 aromatic heterocycles. The van der Waals surface area contributed by atoms with E-state index in [2.05, 4.69) is 17.4 Å². The molecule has 0 bridgehead atoms. The number of hydrogen-bond donors (Lipinski definition) is 2. The third-order valence-electron chi connectivity index (χ3n) is 4.04. The van der Waals surface area contributed by atoms with Crippen molar-refractivity contribution in [3.63, 3.8) is 0 Å². The van der Waals surface area contributed by atoms with Gasteiger partial charge in [0.1, 0.15) is 5.75 Å². The fourth-order valence-electron chi connectivity index (χ4n) is 2.72. The molecule has 3 rings (SSSR count). The first-order chi connectivity index (χ1) is 11.7. The van der Waals surface area contributed by atoms with Crippen LogP contribution in [0.4, 0.5) is 10.5 Å². The summed E-state index contributed by atoms with van der Waals surface area (Å²) in [6.45, 7) is 1.55. The number of rotatable bonds is 5. The summed E-state index contributed by atoms with van der Waals surface area (Å²) < 4.78 is 5.77. The monoisotopic (exact) mass is 326 g/mol. The highest BCUT2D eigenvalue weighted by atomic mass is 16.5. The maximum absolute atomic E-state index is 12.1. The average Bonchev–Trinajstić information content (AvgIpc) is 3.03. The molecule has 1 atom stereocenters. The normalized spacial score (nSPS) is 16.9. The van der Waals surface area contributed by atoms with Crippen LogP contribution in [0.1, 0.15) is 12.0 Å². The Balaban J connectivity index is 1.51. The van der Waals surface area contributed by atoms with Crippen molar-refractivity contribution in [3.8, 4) is 5.75 Å². The van der Waals surface area contributed by atoms with Gasteiger partial charge >= 0.3 is 6.03 Å². The van der Waals surface area contributed by atoms with Crippen LogP contribution in [-0.2, 0) is 6.42 Å². The van der Waals surface area contributed by atoms with Gasteiger partial charge in [0.25, 0.3) is 0 Å². The largest absolute Gasteiger partial charge is 0.493 e. The standard InChI is InChI=1S/C19H22N2O3/c22-17-9-11-21(14-17)19(23)20-16-7-4-8-18(13-16)24-12-10-15-5-2-1-3-6-15/h1-8,13,17,22H,9-12,14H2,(H,20,23)/t17-/m0/s1. The number of aliphatic hydroxyl groups excluding tert-OH is 1. The van der Waals surface area contributed by atoms with Crippen molar-refractivity contribution in [2.24, 2.45) is 0 Å². The molecular formula is C19H22N2O3. The molecule has 5 nitrogen and oxygen atoms in total. The van der Waals surface area contributed by atoms with Crippen molar-refractivity contribution < 1.29 is 14.6 Å². The van der Waals surface area contributed by atoms with Crippen molar-refractivity contribution in [1.82, 2.24) is 4.90 Å². The van der Waals surface area contributed by atoms with Crippen LogP contribution in [0.25, 0.3) is 0 Å². The van der Waals surface area contributed by atoms with Crippen molar-refractivity contribution in [3.05, 3.63) is 60.2 Å². The molecule has 1 saturated heterocycles. The lowest BCUT2D eigenvalue weighted by atomic mass is 10.2. The highest BCUT2D eigenvalue weighted by molar-refractivity contribution is 5.89. The Hall–Kier alpha value is -2.53. The van der Waals surface area contributed by atoms with E-state index < -0.39 is 6.10 Å². The zero-order valence-electron chi connectivity index (χ0n) is 13.5. The summed E-state index contributed by atoms with van der Waals surface area (Å²) in [5, 5.41) is 12.4. The Morgan fingerprint density at radius 2 is 2.04 bits per heavy atom. The molecule has 1 aliphatic rings. The molecule has 0 radical (unpaired) electrons. The number of carbonyl (C=O) groups excluding carboxylic acids is 1. The SMILES string of the molecule is O=C(Nc1cccc(OCCc2ccccc2)c1)N1CC[C@H](O)C1. The highest BCUT2D eigenvalue weighted by Gasteiger charge is 2.24. The summed E-state index contributed by atoms with van der Waals surface area (Å²) >= 11 is 0. The molecule has 0 unspecified atom stereocenters. The Bertz CT molecular complexity index is 675. The van der Waals surface area contributed by atoms with E-state index in [9.17, 15) is 9.90 Å². The van der Waals surface area contributed by atoms with E-state index in [1.807, 2.05) is 42.5 Å². The summed E-state index contributed by atoms with van der Waals surface area (Å²) in [4.78, 5) is 13.8. The number of ether oxygens (including phenoxy) is 1. The van der Waals surface area contributed by atoms with Crippen LogP contribution in [0.2, 0.25) is 0 Å². The van der Waals surface area contributed by atoms with Gasteiger partial charge in [0.2, 0.25) is 0 Å². The lowest BCUT2D eigenvalue weighted by Gasteiger charge is -2.17. The summed E-state index contributed by atoms with van der Waals surface area (Å²) in [6, 6.07) is 17.4. The Kier molecular flexibility index (Phi) is 5.33. The van der Waals surface area contributed by atoms with Gasteiger partial charge in [-0.2, -0.15) is 0 Å². The van der Waals surface area contributed by atoms with E-state index in [0.717, 1.165) is 12.2 Å². The van der Waals surface area contributed by atoms with Crippen molar-refractivity contribution in [1.29, 1.82) is 0 Å². The third kappa shape index (κ3) is 4.49. The number of likely N-dealkylation sites (tertiary alicyclic amines) is 1. The second kappa shape index (κ2) is 7.84. The fourth-order valence-corrected chi connectivity index (χ4v) is 2.72. The van der Waals surface area contributed by atoms with E-state index in [1.165, 1.54) is 5.56 Å². The van der Waals surface area contributed by atoms with Crippen molar-refractivity contribution >= 4 is 11.7 Å². The number of nitrogens with zero attached hydrogens (tertiary/aromatic N) is 1. The molecule has 1 heterocycles. The first-order valence-corrected chi connectivity index (χ1v) is 8.21. The minimum atomic E-state index is -0.414. The number of hydrogen-bond acceptors (Lipinski definition) is 3. The number of aliphatic hydroxyl groups is 1. The molecule has 126 valence electrons. The Labute approximate surface area is 141 Å². The van der Waals surface area contributed by atoms with Crippen LogP contribution in [-0.4, -0.2) is 41.8 Å². The maximum atomic E-state index is 12.1. The fraction of sp³-hybridized carbons (Fsp3) is 0.316. The molecule has 2 aromatic carbocycles. The minimum Gasteiger partial charge on any atom is -0.493 e. The minimum absolute atomic E-state index is 0.187. The summed E-state index contributed by atoms with van der Waals surface area (Å²) in [5.74, 6) is 0.727. The first-order valence-electron chi connectivity index (χ1n) is 8.21. The van der Waals surface area contributed by atoms with Gasteiger partial charge in [-0.1, -0.05) is 36.4 Å². The van der Waals surface area contributed by atoms with E-state index in [4.69, 9.17) is 4.74 Å². The molecule has 0 aliphatic carbocycles. The van der Waals surface area contributed by atoms with Gasteiger partial charge in [-0.05, 0) is 24.1 Å². The van der Waals surface area contributed by atoms with E-state index in [1.54, 1.807) is 4.90 Å². The molecule has 0 saturated carbocycles. The smallest absolute Gasteiger partial charge is 0.321 e. The molecule has 5 heteroatoms. The lowest BCUT2D eigenvalue weighted by Crippen LogP contribution is -2.33. The number of amides is 2. The molecule has 2 amide bonds. The number of β-amino-alcohol motifs (C(OH)–C–C–N with tert-alkyl or cyclic N) is 1. The van der Waals surface area contributed by atoms with Crippen LogP contribution in [0.5, 0.6) is 5.75 Å². The second-order valence-electron chi connectivity index (χ2n) is 5.93. The summed E-state index contributed by atoms with van der Waals surface area (Å²) in [7, 11) is 0. The van der Waals surface area contributed by atoms with Gasteiger partial charge < -0.3 is 20.1 Å². The van der Waals surface area contributed by atoms with Gasteiger partial charge in [0, 0.05) is 31.3 Å². The third-order valence-corrected chi connectivity index (χ3v) is 4.04. The van der Waals surface area contributed by atoms with Crippen molar-refractivity contribution in [2.75, 3.05) is 25.0 Å². The first kappa shape index (κ1) is 16.3. The molecule has 24 heavy (non-hydrogen) atoms. The number of anilines is 1. The van der Waals surface area contributed by atoms with Gasteiger partial charge in [-0.15, -0.1) is 0 Å². The topological polar surface area (TPSA) is 61.8 Å². The summed E-state index contributed by atoms with van der Waals surface area (Å²) in [6.07, 6.45) is 1.06. The zero-order chi connectivity index (χ0) is 16.8. The van der Waals surface area contributed by atoms with Gasteiger partial charge in [-0.25, -0.2) is 4.79 Å². The second-order valence-corrected chi connectivity index (χ2v) is 5.93. The van der Waals surface area contributed by atoms with Gasteiger partial charge in [0.15, 0.2) is 0 Å². The van der Waals surface area contributed by atoms with Gasteiger partial charge in [0.05, 0.1) is 12.7 Å². The van der Waals surface area contributed by atoms with E-state index in [0.29, 0.717) is 31.8 Å². The van der Waals surface area contributed by atoms with Crippen LogP contribution < -0.4 is 10.1 Å². The van der Waals surface area contributed by atoms with Crippen molar-refractivity contribution in [2.45, 2.75) is 18.9 Å². The number of benzene rings is 2. The van der Waals surface area contributed by atoms with E-state index in [-0.39, 0.29) is 6.03 Å².